The van der Waals surface area contributed by atoms with E-state index in [2.05, 4.69) is 10.6 Å². The minimum Gasteiger partial charge on any atom is -0.508 e. The molecule has 1 aromatic rings. The van der Waals surface area contributed by atoms with Gasteiger partial charge in [-0.05, 0) is 79.5 Å². The molecule has 0 saturated carbocycles. The quantitative estimate of drug-likeness (QED) is 0.533. The fourth-order valence-electron chi connectivity index (χ4n) is 3.50. The Labute approximate surface area is 198 Å². The number of alkyl carbamates (subject to hydrolysis) is 1. The maximum absolute atomic E-state index is 13.6. The fraction of sp³-hybridized carbons (Fsp3) is 0.640. The number of ether oxygens (including phenoxy) is 1. The van der Waals surface area contributed by atoms with E-state index >= 15 is 0 Å². The average Bonchev–Trinajstić information content (AvgIpc) is 2.63. The van der Waals surface area contributed by atoms with Crippen molar-refractivity contribution < 1.29 is 24.2 Å². The molecule has 0 aliphatic heterocycles. The molecule has 8 heteroatoms. The smallest absolute Gasteiger partial charge is 0.408 e. The third kappa shape index (κ3) is 8.94. The van der Waals surface area contributed by atoms with Crippen LogP contribution in [0.2, 0.25) is 0 Å². The van der Waals surface area contributed by atoms with Gasteiger partial charge in [-0.3, -0.25) is 9.59 Å². The highest BCUT2D eigenvalue weighted by molar-refractivity contribution is 5.92. The number of nitrogens with zero attached hydrogens (tertiary/aromatic N) is 1. The van der Waals surface area contributed by atoms with Crippen LogP contribution >= 0.6 is 0 Å². The summed E-state index contributed by atoms with van der Waals surface area (Å²) in [6.45, 7) is 16.2. The zero-order chi connectivity index (χ0) is 25.6. The van der Waals surface area contributed by atoms with E-state index in [1.807, 2.05) is 34.6 Å². The Morgan fingerprint density at radius 1 is 1.00 bits per heavy atom. The van der Waals surface area contributed by atoms with E-state index in [0.29, 0.717) is 5.56 Å². The molecule has 0 aromatic heterocycles. The number of carbonyl (C=O) groups is 3. The van der Waals surface area contributed by atoms with Gasteiger partial charge < -0.3 is 25.4 Å². The van der Waals surface area contributed by atoms with Crippen molar-refractivity contribution in [1.29, 1.82) is 0 Å². The largest absolute Gasteiger partial charge is 0.508 e. The summed E-state index contributed by atoms with van der Waals surface area (Å²) < 4.78 is 5.28. The second-order valence-electron chi connectivity index (χ2n) is 10.4. The van der Waals surface area contributed by atoms with E-state index in [4.69, 9.17) is 4.74 Å². The highest BCUT2D eigenvalue weighted by atomic mass is 16.6. The lowest BCUT2D eigenvalue weighted by Crippen LogP contribution is -2.58. The van der Waals surface area contributed by atoms with Crippen LogP contribution in [0.4, 0.5) is 4.79 Å². The lowest BCUT2D eigenvalue weighted by Gasteiger charge is -2.43. The molecule has 0 aliphatic carbocycles. The second-order valence-corrected chi connectivity index (χ2v) is 10.4. The molecule has 33 heavy (non-hydrogen) atoms. The normalized spacial score (nSPS) is 14.6. The molecule has 0 fully saturated rings. The SMILES string of the molecule is CCCC(C)NC(=O)C(c1ccc(O)cc1)N(C(=O)C(C)NC(=O)OC(C)(C)C)C(C)(C)C. The molecule has 1 rings (SSSR count). The standard InChI is InChI=1S/C25H41N3O5/c1-10-11-16(2)26-21(30)20(18-12-14-19(29)15-13-18)28(24(4,5)6)22(31)17(3)27-23(32)33-25(7,8)9/h12-17,20,29H,10-11H2,1-9H3,(H,26,30)(H,27,32). The van der Waals surface area contributed by atoms with Crippen LogP contribution in [0.5, 0.6) is 5.75 Å². The van der Waals surface area contributed by atoms with Crippen LogP contribution in [0.25, 0.3) is 0 Å². The van der Waals surface area contributed by atoms with Gasteiger partial charge in [-0.1, -0.05) is 25.5 Å². The van der Waals surface area contributed by atoms with Crippen LogP contribution in [0.15, 0.2) is 24.3 Å². The highest BCUT2D eigenvalue weighted by Crippen LogP contribution is 2.31. The van der Waals surface area contributed by atoms with Gasteiger partial charge in [0.25, 0.3) is 0 Å². The third-order valence-corrected chi connectivity index (χ3v) is 4.89. The number of benzene rings is 1. The number of hydrogen-bond acceptors (Lipinski definition) is 5. The van der Waals surface area contributed by atoms with Crippen molar-refractivity contribution in [2.45, 2.75) is 104 Å². The summed E-state index contributed by atoms with van der Waals surface area (Å²) in [5, 5.41) is 15.3. The van der Waals surface area contributed by atoms with E-state index < -0.39 is 35.2 Å². The maximum Gasteiger partial charge on any atom is 0.408 e. The van der Waals surface area contributed by atoms with Gasteiger partial charge in [0, 0.05) is 11.6 Å². The van der Waals surface area contributed by atoms with Crippen molar-refractivity contribution in [2.75, 3.05) is 0 Å². The number of carbonyl (C=O) groups excluding carboxylic acids is 3. The molecule has 3 amide bonds. The highest BCUT2D eigenvalue weighted by Gasteiger charge is 2.41. The van der Waals surface area contributed by atoms with Crippen molar-refractivity contribution in [3.63, 3.8) is 0 Å². The predicted molar refractivity (Wildman–Crippen MR) is 129 cm³/mol. The van der Waals surface area contributed by atoms with E-state index in [1.54, 1.807) is 39.8 Å². The Balaban J connectivity index is 3.36. The topological polar surface area (TPSA) is 108 Å². The van der Waals surface area contributed by atoms with Gasteiger partial charge in [0.15, 0.2) is 0 Å². The van der Waals surface area contributed by atoms with Gasteiger partial charge >= 0.3 is 6.09 Å². The van der Waals surface area contributed by atoms with Crippen molar-refractivity contribution in [2.24, 2.45) is 0 Å². The number of amides is 3. The molecule has 0 saturated heterocycles. The first-order valence-electron chi connectivity index (χ1n) is 11.5. The molecule has 3 N–H and O–H groups in total. The summed E-state index contributed by atoms with van der Waals surface area (Å²) in [5.41, 5.74) is -0.906. The minimum absolute atomic E-state index is 0.0610. The molecule has 3 atom stereocenters. The van der Waals surface area contributed by atoms with Crippen LogP contribution < -0.4 is 10.6 Å². The molecule has 8 nitrogen and oxygen atoms in total. The lowest BCUT2D eigenvalue weighted by atomic mass is 9.95. The van der Waals surface area contributed by atoms with Crippen LogP contribution in [0.3, 0.4) is 0 Å². The molecule has 1 aromatic carbocycles. The summed E-state index contributed by atoms with van der Waals surface area (Å²) in [6, 6.07) is 4.26. The number of rotatable bonds is 8. The molecule has 0 radical (unpaired) electrons. The molecule has 186 valence electrons. The van der Waals surface area contributed by atoms with E-state index in [-0.39, 0.29) is 17.7 Å². The first-order valence-corrected chi connectivity index (χ1v) is 11.5. The summed E-state index contributed by atoms with van der Waals surface area (Å²) in [4.78, 5) is 40.8. The van der Waals surface area contributed by atoms with Crippen molar-refractivity contribution in [3.05, 3.63) is 29.8 Å². The van der Waals surface area contributed by atoms with Gasteiger partial charge in [-0.2, -0.15) is 0 Å². The van der Waals surface area contributed by atoms with Gasteiger partial charge in [0.2, 0.25) is 11.8 Å². The van der Waals surface area contributed by atoms with Crippen molar-refractivity contribution >= 4 is 17.9 Å². The maximum atomic E-state index is 13.6. The van der Waals surface area contributed by atoms with E-state index in [1.165, 1.54) is 17.0 Å². The number of hydrogen-bond donors (Lipinski definition) is 3. The van der Waals surface area contributed by atoms with Crippen LogP contribution in [-0.2, 0) is 14.3 Å². The molecule has 0 heterocycles. The number of phenolic OH excluding ortho intramolecular Hbond substituents is 1. The predicted octanol–water partition coefficient (Wildman–Crippen LogP) is 4.28. The molecule has 0 aliphatic rings. The van der Waals surface area contributed by atoms with Gasteiger partial charge in [-0.15, -0.1) is 0 Å². The lowest BCUT2D eigenvalue weighted by molar-refractivity contribution is -0.148. The Bertz CT molecular complexity index is 809. The monoisotopic (exact) mass is 463 g/mol. The zero-order valence-corrected chi connectivity index (χ0v) is 21.5. The first kappa shape index (κ1) is 28.3. The van der Waals surface area contributed by atoms with Crippen LogP contribution in [0.1, 0.15) is 86.8 Å². The van der Waals surface area contributed by atoms with Gasteiger partial charge in [0.05, 0.1) is 0 Å². The number of phenols is 1. The number of aromatic hydroxyl groups is 1. The summed E-state index contributed by atoms with van der Waals surface area (Å²) in [5.74, 6) is -0.690. The van der Waals surface area contributed by atoms with Crippen LogP contribution in [-0.4, -0.2) is 51.1 Å². The second kappa shape index (κ2) is 11.4. The van der Waals surface area contributed by atoms with Crippen molar-refractivity contribution in [3.8, 4) is 5.75 Å². The van der Waals surface area contributed by atoms with E-state index in [0.717, 1.165) is 12.8 Å². The van der Waals surface area contributed by atoms with Gasteiger partial charge in [-0.25, -0.2) is 4.79 Å². The summed E-state index contributed by atoms with van der Waals surface area (Å²) in [6.07, 6.45) is 0.998. The Hall–Kier alpha value is -2.77. The van der Waals surface area contributed by atoms with Gasteiger partial charge in [0.1, 0.15) is 23.4 Å². The molecule has 0 spiro atoms. The van der Waals surface area contributed by atoms with E-state index in [9.17, 15) is 19.5 Å². The first-order chi connectivity index (χ1) is 15.1. The fourth-order valence-corrected chi connectivity index (χ4v) is 3.50. The third-order valence-electron chi connectivity index (χ3n) is 4.89. The summed E-state index contributed by atoms with van der Waals surface area (Å²) in [7, 11) is 0. The average molecular weight is 464 g/mol. The summed E-state index contributed by atoms with van der Waals surface area (Å²) >= 11 is 0. The molecular formula is C25H41N3O5. The molecular weight excluding hydrogens is 422 g/mol. The van der Waals surface area contributed by atoms with Crippen LogP contribution in [0, 0.1) is 0 Å². The minimum atomic E-state index is -0.958. The van der Waals surface area contributed by atoms with Crippen molar-refractivity contribution in [1.82, 2.24) is 15.5 Å². The Morgan fingerprint density at radius 3 is 2.00 bits per heavy atom. The Kier molecular flexibility index (Phi) is 9.75. The molecule has 3 unspecified atom stereocenters. The zero-order valence-electron chi connectivity index (χ0n) is 21.5. The Morgan fingerprint density at radius 2 is 1.55 bits per heavy atom. The number of nitrogens with one attached hydrogen (secondary N) is 2. The molecule has 0 bridgehead atoms.